The summed E-state index contributed by atoms with van der Waals surface area (Å²) in [5.41, 5.74) is 1.04. The van der Waals surface area contributed by atoms with E-state index in [0.717, 1.165) is 31.0 Å². The van der Waals surface area contributed by atoms with E-state index in [-0.39, 0.29) is 12.1 Å². The Labute approximate surface area is 132 Å². The molecule has 1 saturated heterocycles. The number of ether oxygens (including phenoxy) is 1. The topological polar surface area (TPSA) is 67.4 Å². The molecule has 2 rings (SSSR count). The Hall–Kier alpha value is -1.69. The molecule has 22 heavy (non-hydrogen) atoms. The van der Waals surface area contributed by atoms with Gasteiger partial charge in [-0.3, -0.25) is 0 Å². The average Bonchev–Trinajstić information content (AvgIpc) is 2.75. The second kappa shape index (κ2) is 8.08. The molecule has 6 nitrogen and oxygen atoms in total. The van der Waals surface area contributed by atoms with Crippen LogP contribution in [0.15, 0.2) is 12.4 Å². The largest absolute Gasteiger partial charge is 0.376 e. The van der Waals surface area contributed by atoms with Gasteiger partial charge in [0.25, 0.3) is 0 Å². The summed E-state index contributed by atoms with van der Waals surface area (Å²) in [7, 11) is 0. The van der Waals surface area contributed by atoms with Crippen molar-refractivity contribution < 1.29 is 9.53 Å². The van der Waals surface area contributed by atoms with Gasteiger partial charge < -0.3 is 15.0 Å². The lowest BCUT2D eigenvalue weighted by Crippen LogP contribution is -2.45. The molecular weight excluding hydrogens is 280 g/mol. The number of hydrogen-bond acceptors (Lipinski definition) is 4. The zero-order chi connectivity index (χ0) is 15.9. The third kappa shape index (κ3) is 4.94. The van der Waals surface area contributed by atoms with E-state index in [1.54, 1.807) is 12.4 Å². The molecule has 1 N–H and O–H groups in total. The predicted molar refractivity (Wildman–Crippen MR) is 84.6 cm³/mol. The van der Waals surface area contributed by atoms with Gasteiger partial charge in [-0.15, -0.1) is 0 Å². The molecule has 0 saturated carbocycles. The number of aryl methyl sites for hydroxylation is 1. The van der Waals surface area contributed by atoms with E-state index < -0.39 is 0 Å². The molecule has 6 heteroatoms. The number of rotatable bonds is 4. The predicted octanol–water partition coefficient (Wildman–Crippen LogP) is 1.78. The maximum atomic E-state index is 12.3. The summed E-state index contributed by atoms with van der Waals surface area (Å²) in [6.07, 6.45) is 5.24. The SMILES string of the molecule is Cc1cnc(CCNC(=O)N2CCCOC(C(C)C)C2)nc1. The van der Waals surface area contributed by atoms with Crippen molar-refractivity contribution in [3.63, 3.8) is 0 Å². The highest BCUT2D eigenvalue weighted by molar-refractivity contribution is 5.74. The van der Waals surface area contributed by atoms with Crippen molar-refractivity contribution in [3.05, 3.63) is 23.8 Å². The number of nitrogens with one attached hydrogen (secondary N) is 1. The first-order valence-electron chi connectivity index (χ1n) is 7.98. The van der Waals surface area contributed by atoms with E-state index in [1.165, 1.54) is 0 Å². The zero-order valence-electron chi connectivity index (χ0n) is 13.7. The standard InChI is InChI=1S/C16H26N4O2/c1-12(2)14-11-20(7-4-8-22-14)16(21)17-6-5-15-18-9-13(3)10-19-15/h9-10,12,14H,4-8,11H2,1-3H3,(H,17,21). The molecule has 1 aromatic rings. The van der Waals surface area contributed by atoms with Gasteiger partial charge in [0.1, 0.15) is 5.82 Å². The Bertz CT molecular complexity index is 476. The summed E-state index contributed by atoms with van der Waals surface area (Å²) in [4.78, 5) is 22.6. The molecule has 1 fully saturated rings. The summed E-state index contributed by atoms with van der Waals surface area (Å²) in [6.45, 7) is 8.88. The molecule has 1 atom stereocenters. The van der Waals surface area contributed by atoms with E-state index >= 15 is 0 Å². The van der Waals surface area contributed by atoms with Crippen LogP contribution < -0.4 is 5.32 Å². The molecule has 0 bridgehead atoms. The van der Waals surface area contributed by atoms with E-state index in [2.05, 4.69) is 29.1 Å². The van der Waals surface area contributed by atoms with Crippen LogP contribution in [0, 0.1) is 12.8 Å². The lowest BCUT2D eigenvalue weighted by Gasteiger charge is -2.26. The quantitative estimate of drug-likeness (QED) is 0.921. The summed E-state index contributed by atoms with van der Waals surface area (Å²) in [5.74, 6) is 1.17. The minimum absolute atomic E-state index is 0.0248. The first kappa shape index (κ1) is 16.7. The fourth-order valence-electron chi connectivity index (χ4n) is 2.38. The van der Waals surface area contributed by atoms with E-state index in [1.807, 2.05) is 11.8 Å². The number of nitrogens with zero attached hydrogens (tertiary/aromatic N) is 3. The number of aromatic nitrogens is 2. The number of carbonyl (C=O) groups is 1. The van der Waals surface area contributed by atoms with Crippen LogP contribution in [0.4, 0.5) is 4.79 Å². The molecule has 2 amide bonds. The molecule has 2 heterocycles. The first-order chi connectivity index (χ1) is 10.6. The smallest absolute Gasteiger partial charge is 0.317 e. The van der Waals surface area contributed by atoms with Gasteiger partial charge in [-0.1, -0.05) is 13.8 Å². The molecule has 1 aliphatic rings. The van der Waals surface area contributed by atoms with Gasteiger partial charge in [-0.2, -0.15) is 0 Å². The Morgan fingerprint density at radius 3 is 2.86 bits per heavy atom. The van der Waals surface area contributed by atoms with Crippen LogP contribution in [0.3, 0.4) is 0 Å². The third-order valence-electron chi connectivity index (χ3n) is 3.79. The number of hydrogen-bond donors (Lipinski definition) is 1. The summed E-state index contributed by atoms with van der Waals surface area (Å²) in [6, 6.07) is -0.0248. The van der Waals surface area contributed by atoms with Crippen molar-refractivity contribution in [2.45, 2.75) is 39.7 Å². The van der Waals surface area contributed by atoms with Crippen LogP contribution in [-0.2, 0) is 11.2 Å². The summed E-state index contributed by atoms with van der Waals surface area (Å²) in [5, 5.41) is 2.95. The lowest BCUT2D eigenvalue weighted by molar-refractivity contribution is 0.0267. The molecule has 1 aromatic heterocycles. The Morgan fingerprint density at radius 2 is 2.18 bits per heavy atom. The minimum atomic E-state index is -0.0248. The van der Waals surface area contributed by atoms with E-state index in [0.29, 0.717) is 25.4 Å². The van der Waals surface area contributed by atoms with Crippen LogP contribution in [-0.4, -0.2) is 53.2 Å². The van der Waals surface area contributed by atoms with Gasteiger partial charge in [-0.05, 0) is 24.8 Å². The molecular formula is C16H26N4O2. The van der Waals surface area contributed by atoms with Gasteiger partial charge in [-0.25, -0.2) is 14.8 Å². The average molecular weight is 306 g/mol. The summed E-state index contributed by atoms with van der Waals surface area (Å²) >= 11 is 0. The fourth-order valence-corrected chi connectivity index (χ4v) is 2.38. The second-order valence-electron chi connectivity index (χ2n) is 6.11. The van der Waals surface area contributed by atoms with Gasteiger partial charge in [0, 0.05) is 45.1 Å². The van der Waals surface area contributed by atoms with E-state index in [9.17, 15) is 4.79 Å². The third-order valence-corrected chi connectivity index (χ3v) is 3.79. The molecule has 1 unspecified atom stereocenters. The van der Waals surface area contributed by atoms with Crippen molar-refractivity contribution in [3.8, 4) is 0 Å². The van der Waals surface area contributed by atoms with Crippen LogP contribution in [0.2, 0.25) is 0 Å². The molecule has 1 aliphatic heterocycles. The highest BCUT2D eigenvalue weighted by atomic mass is 16.5. The fraction of sp³-hybridized carbons (Fsp3) is 0.688. The Kier molecular flexibility index (Phi) is 6.12. The second-order valence-corrected chi connectivity index (χ2v) is 6.11. The van der Waals surface area contributed by atoms with Gasteiger partial charge in [0.2, 0.25) is 0 Å². The van der Waals surface area contributed by atoms with Crippen molar-refractivity contribution in [1.82, 2.24) is 20.2 Å². The van der Waals surface area contributed by atoms with Crippen molar-refractivity contribution in [2.75, 3.05) is 26.2 Å². The lowest BCUT2D eigenvalue weighted by atomic mass is 10.1. The van der Waals surface area contributed by atoms with Crippen LogP contribution in [0.1, 0.15) is 31.7 Å². The monoisotopic (exact) mass is 306 g/mol. The number of carbonyl (C=O) groups excluding carboxylic acids is 1. The Balaban J connectivity index is 1.79. The number of urea groups is 1. The molecule has 0 aromatic carbocycles. The highest BCUT2D eigenvalue weighted by Crippen LogP contribution is 2.13. The van der Waals surface area contributed by atoms with Crippen molar-refractivity contribution in [2.24, 2.45) is 5.92 Å². The first-order valence-corrected chi connectivity index (χ1v) is 7.98. The van der Waals surface area contributed by atoms with Crippen molar-refractivity contribution in [1.29, 1.82) is 0 Å². The van der Waals surface area contributed by atoms with Crippen LogP contribution in [0.25, 0.3) is 0 Å². The summed E-state index contributed by atoms with van der Waals surface area (Å²) < 4.78 is 5.79. The molecule has 0 aliphatic carbocycles. The normalized spacial score (nSPS) is 19.1. The maximum absolute atomic E-state index is 12.3. The minimum Gasteiger partial charge on any atom is -0.376 e. The highest BCUT2D eigenvalue weighted by Gasteiger charge is 2.24. The molecule has 122 valence electrons. The van der Waals surface area contributed by atoms with Crippen LogP contribution >= 0.6 is 0 Å². The van der Waals surface area contributed by atoms with Crippen molar-refractivity contribution >= 4 is 6.03 Å². The Morgan fingerprint density at radius 1 is 1.45 bits per heavy atom. The molecule has 0 radical (unpaired) electrons. The van der Waals surface area contributed by atoms with Gasteiger partial charge in [0.05, 0.1) is 6.10 Å². The maximum Gasteiger partial charge on any atom is 0.317 e. The number of amides is 2. The zero-order valence-corrected chi connectivity index (χ0v) is 13.7. The van der Waals surface area contributed by atoms with Crippen LogP contribution in [0.5, 0.6) is 0 Å². The van der Waals surface area contributed by atoms with E-state index in [4.69, 9.17) is 4.74 Å². The molecule has 0 spiro atoms. The van der Waals surface area contributed by atoms with Gasteiger partial charge in [0.15, 0.2) is 0 Å². The van der Waals surface area contributed by atoms with Gasteiger partial charge >= 0.3 is 6.03 Å².